The van der Waals surface area contributed by atoms with E-state index in [1.165, 1.54) is 13.1 Å². The monoisotopic (exact) mass is 470 g/mol. The number of anilines is 1. The first-order chi connectivity index (χ1) is 16.3. The number of carbonyl (C=O) groups is 1. The Morgan fingerprint density at radius 1 is 1.21 bits per heavy atom. The zero-order valence-corrected chi connectivity index (χ0v) is 19.4. The Bertz CT molecular complexity index is 1250. The number of nitrogens with zero attached hydrogens (tertiary/aromatic N) is 4. The third kappa shape index (κ3) is 4.63. The number of amides is 1. The number of hydrogen-bond donors (Lipinski definition) is 2. The third-order valence-electron chi connectivity index (χ3n) is 6.43. The molecule has 1 aliphatic heterocycles. The lowest BCUT2D eigenvalue weighted by atomic mass is 10.1. The Kier molecular flexibility index (Phi) is 6.87. The van der Waals surface area contributed by atoms with Crippen molar-refractivity contribution in [2.45, 2.75) is 32.7 Å². The van der Waals surface area contributed by atoms with E-state index in [9.17, 15) is 18.4 Å². The summed E-state index contributed by atoms with van der Waals surface area (Å²) in [6.45, 7) is 6.41. The molecule has 3 aromatic rings. The maximum Gasteiger partial charge on any atom is 0.282 e. The molecule has 1 saturated heterocycles. The Labute approximate surface area is 196 Å². The summed E-state index contributed by atoms with van der Waals surface area (Å²) in [4.78, 5) is 39.5. The molecule has 0 bridgehead atoms. The van der Waals surface area contributed by atoms with Gasteiger partial charge in [0.05, 0.1) is 16.7 Å². The van der Waals surface area contributed by atoms with Gasteiger partial charge in [-0.05, 0) is 43.2 Å². The van der Waals surface area contributed by atoms with Crippen molar-refractivity contribution in [1.82, 2.24) is 25.2 Å². The van der Waals surface area contributed by atoms with Crippen molar-refractivity contribution in [3.8, 4) is 0 Å². The zero-order chi connectivity index (χ0) is 24.4. The minimum absolute atomic E-state index is 0.0262. The first-order valence-electron chi connectivity index (χ1n) is 11.3. The third-order valence-corrected chi connectivity index (χ3v) is 6.43. The summed E-state index contributed by atoms with van der Waals surface area (Å²) in [5, 5.41) is 2.41. The first-order valence-corrected chi connectivity index (χ1v) is 11.3. The van der Waals surface area contributed by atoms with Gasteiger partial charge >= 0.3 is 0 Å². The molecule has 4 heterocycles. The second kappa shape index (κ2) is 9.84. The average Bonchev–Trinajstić information content (AvgIpc) is 2.86. The molecular weight excluding hydrogens is 442 g/mol. The molecule has 0 spiro atoms. The van der Waals surface area contributed by atoms with Gasteiger partial charge in [-0.3, -0.25) is 19.5 Å². The summed E-state index contributed by atoms with van der Waals surface area (Å²) in [6.07, 6.45) is -0.309. The standard InChI is InChI=1S/C24H28F2N6O2/c1-4-15-11-18-19(30-23(15)33)12-16(13-28-18)14(2)31-7-9-32(10-8-31)20-6-5-17(24(34)27-3)29-21(20)22(25)26/h5-6,11-14,22H,4,7-10H2,1-3H3,(H,27,34)(H,30,33). The number of rotatable bonds is 6. The average molecular weight is 471 g/mol. The van der Waals surface area contributed by atoms with Crippen LogP contribution in [0.15, 0.2) is 35.3 Å². The smallest absolute Gasteiger partial charge is 0.282 e. The minimum atomic E-state index is -2.78. The van der Waals surface area contributed by atoms with E-state index in [0.717, 1.165) is 11.1 Å². The molecule has 180 valence electrons. The number of fused-ring (bicyclic) bond motifs is 1. The molecule has 0 radical (unpaired) electrons. The Morgan fingerprint density at radius 2 is 1.94 bits per heavy atom. The van der Waals surface area contributed by atoms with Crippen LogP contribution in [-0.2, 0) is 6.42 Å². The number of piperazine rings is 1. The number of carbonyl (C=O) groups excluding carboxylic acids is 1. The van der Waals surface area contributed by atoms with Crippen molar-refractivity contribution in [2.75, 3.05) is 38.1 Å². The van der Waals surface area contributed by atoms with Crippen LogP contribution in [0.25, 0.3) is 11.0 Å². The Hall–Kier alpha value is -3.40. The van der Waals surface area contributed by atoms with E-state index in [0.29, 0.717) is 49.4 Å². The van der Waals surface area contributed by atoms with Gasteiger partial charge in [0.25, 0.3) is 17.9 Å². The summed E-state index contributed by atoms with van der Waals surface area (Å²) in [5.74, 6) is -0.497. The maximum atomic E-state index is 13.7. The lowest BCUT2D eigenvalue weighted by Gasteiger charge is -2.39. The predicted molar refractivity (Wildman–Crippen MR) is 127 cm³/mol. The van der Waals surface area contributed by atoms with Crippen LogP contribution in [0.1, 0.15) is 53.6 Å². The highest BCUT2D eigenvalue weighted by Gasteiger charge is 2.27. The van der Waals surface area contributed by atoms with Gasteiger partial charge in [0.15, 0.2) is 0 Å². The number of aryl methyl sites for hydroxylation is 1. The van der Waals surface area contributed by atoms with Crippen molar-refractivity contribution in [3.63, 3.8) is 0 Å². The highest BCUT2D eigenvalue weighted by Crippen LogP contribution is 2.31. The second-order valence-electron chi connectivity index (χ2n) is 8.36. The van der Waals surface area contributed by atoms with Gasteiger partial charge in [-0.1, -0.05) is 6.92 Å². The molecule has 3 aromatic heterocycles. The van der Waals surface area contributed by atoms with Crippen molar-refractivity contribution >= 4 is 22.6 Å². The zero-order valence-electron chi connectivity index (χ0n) is 19.4. The van der Waals surface area contributed by atoms with Crippen molar-refractivity contribution in [2.24, 2.45) is 0 Å². The molecular formula is C24H28F2N6O2. The molecule has 2 N–H and O–H groups in total. The second-order valence-corrected chi connectivity index (χ2v) is 8.36. The Balaban J connectivity index is 1.49. The summed E-state index contributed by atoms with van der Waals surface area (Å²) >= 11 is 0. The fraction of sp³-hybridized carbons (Fsp3) is 0.417. The molecule has 8 nitrogen and oxygen atoms in total. The molecule has 0 saturated carbocycles. The van der Waals surface area contributed by atoms with Crippen LogP contribution in [0.2, 0.25) is 0 Å². The predicted octanol–water partition coefficient (Wildman–Crippen LogP) is 3.06. The Morgan fingerprint density at radius 3 is 2.59 bits per heavy atom. The molecule has 1 unspecified atom stereocenters. The van der Waals surface area contributed by atoms with Crippen LogP contribution in [-0.4, -0.2) is 59.0 Å². The van der Waals surface area contributed by atoms with Gasteiger partial charge in [-0.15, -0.1) is 0 Å². The van der Waals surface area contributed by atoms with Crippen molar-refractivity contribution < 1.29 is 13.6 Å². The minimum Gasteiger partial charge on any atom is -0.367 e. The molecule has 1 amide bonds. The van der Waals surface area contributed by atoms with Gasteiger partial charge in [0.1, 0.15) is 11.4 Å². The SMILES string of the molecule is CCc1cc2ncc(C(C)N3CCN(c4ccc(C(=O)NC)nc4C(F)F)CC3)cc2[nH]c1=O. The molecule has 0 aromatic carbocycles. The molecule has 0 aliphatic carbocycles. The number of halogens is 2. The van der Waals surface area contributed by atoms with Crippen LogP contribution in [0.4, 0.5) is 14.5 Å². The molecule has 1 fully saturated rings. The molecule has 4 rings (SSSR count). The quantitative estimate of drug-likeness (QED) is 0.575. The normalized spacial score (nSPS) is 15.6. The lowest BCUT2D eigenvalue weighted by molar-refractivity contribution is 0.0956. The first kappa shape index (κ1) is 23.7. The number of H-pyrrole nitrogens is 1. The van der Waals surface area contributed by atoms with E-state index in [2.05, 4.69) is 32.1 Å². The van der Waals surface area contributed by atoms with Crippen molar-refractivity contribution in [3.05, 3.63) is 63.3 Å². The van der Waals surface area contributed by atoms with Gasteiger partial charge in [-0.25, -0.2) is 13.8 Å². The van der Waals surface area contributed by atoms with E-state index < -0.39 is 12.3 Å². The van der Waals surface area contributed by atoms with Gasteiger partial charge in [0, 0.05) is 51.0 Å². The fourth-order valence-electron chi connectivity index (χ4n) is 4.34. The number of alkyl halides is 2. The largest absolute Gasteiger partial charge is 0.367 e. The number of aromatic nitrogens is 3. The van der Waals surface area contributed by atoms with E-state index in [4.69, 9.17) is 0 Å². The van der Waals surface area contributed by atoms with E-state index in [-0.39, 0.29) is 23.0 Å². The molecule has 1 aliphatic rings. The number of pyridine rings is 3. The van der Waals surface area contributed by atoms with Crippen LogP contribution >= 0.6 is 0 Å². The highest BCUT2D eigenvalue weighted by molar-refractivity contribution is 5.92. The lowest BCUT2D eigenvalue weighted by Crippen LogP contribution is -2.47. The van der Waals surface area contributed by atoms with Crippen LogP contribution in [0.5, 0.6) is 0 Å². The number of hydrogen-bond acceptors (Lipinski definition) is 6. The highest BCUT2D eigenvalue weighted by atomic mass is 19.3. The molecule has 1 atom stereocenters. The van der Waals surface area contributed by atoms with Gasteiger partial charge in [0.2, 0.25) is 0 Å². The summed E-state index contributed by atoms with van der Waals surface area (Å²) in [6, 6.07) is 6.84. The number of nitrogens with one attached hydrogen (secondary N) is 2. The van der Waals surface area contributed by atoms with Crippen LogP contribution < -0.4 is 15.8 Å². The maximum absolute atomic E-state index is 13.7. The summed E-state index contributed by atoms with van der Waals surface area (Å²) in [7, 11) is 1.44. The fourth-order valence-corrected chi connectivity index (χ4v) is 4.34. The van der Waals surface area contributed by atoms with Crippen molar-refractivity contribution in [1.29, 1.82) is 0 Å². The van der Waals surface area contributed by atoms with Gasteiger partial charge in [-0.2, -0.15) is 0 Å². The van der Waals surface area contributed by atoms with Gasteiger partial charge < -0.3 is 15.2 Å². The number of aromatic amines is 1. The van der Waals surface area contributed by atoms with Crippen LogP contribution in [0.3, 0.4) is 0 Å². The molecule has 34 heavy (non-hydrogen) atoms. The summed E-state index contributed by atoms with van der Waals surface area (Å²) < 4.78 is 27.4. The van der Waals surface area contributed by atoms with E-state index in [1.807, 2.05) is 30.2 Å². The summed E-state index contributed by atoms with van der Waals surface area (Å²) in [5.41, 5.74) is 2.99. The van der Waals surface area contributed by atoms with E-state index in [1.54, 1.807) is 6.07 Å². The van der Waals surface area contributed by atoms with E-state index >= 15 is 0 Å². The van der Waals surface area contributed by atoms with Crippen LogP contribution in [0, 0.1) is 0 Å². The topological polar surface area (TPSA) is 94.2 Å². The molecule has 10 heteroatoms.